The number of nitrogens with zero attached hydrogens (tertiary/aromatic N) is 1. The van der Waals surface area contributed by atoms with E-state index in [0.29, 0.717) is 6.61 Å². The summed E-state index contributed by atoms with van der Waals surface area (Å²) in [5.74, 6) is -1.05. The molecule has 132 valence electrons. The molecular formula is C17H24N2O5. The SMILES string of the molecule is CC(C)(C)OC(=O)N1C[C@H](NOCc2ccccc2)C[C@H]1C(=O)O. The predicted octanol–water partition coefficient (Wildman–Crippen LogP) is 2.17. The lowest BCUT2D eigenvalue weighted by atomic mass is 10.2. The van der Waals surface area contributed by atoms with Crippen molar-refractivity contribution in [1.82, 2.24) is 10.4 Å². The predicted molar refractivity (Wildman–Crippen MR) is 87.1 cm³/mol. The van der Waals surface area contributed by atoms with Gasteiger partial charge in [0.05, 0.1) is 12.6 Å². The standard InChI is InChI=1S/C17H24N2O5/c1-17(2,3)24-16(22)19-10-13(9-14(19)15(20)21)18-23-11-12-7-5-4-6-8-12/h4-8,13-14,18H,9-11H2,1-3H3,(H,20,21)/t13-,14+/m1/s1. The lowest BCUT2D eigenvalue weighted by Gasteiger charge is -2.26. The zero-order chi connectivity index (χ0) is 17.7. The van der Waals surface area contributed by atoms with Gasteiger partial charge in [0.25, 0.3) is 0 Å². The van der Waals surface area contributed by atoms with Crippen LogP contribution < -0.4 is 5.48 Å². The molecule has 24 heavy (non-hydrogen) atoms. The van der Waals surface area contributed by atoms with Crippen molar-refractivity contribution in [2.75, 3.05) is 6.54 Å². The van der Waals surface area contributed by atoms with Gasteiger partial charge in [0, 0.05) is 6.54 Å². The van der Waals surface area contributed by atoms with Crippen LogP contribution in [0.3, 0.4) is 0 Å². The Morgan fingerprint density at radius 3 is 2.54 bits per heavy atom. The van der Waals surface area contributed by atoms with Crippen LogP contribution >= 0.6 is 0 Å². The summed E-state index contributed by atoms with van der Waals surface area (Å²) in [6.45, 7) is 5.82. The second-order valence-corrected chi connectivity index (χ2v) is 6.81. The highest BCUT2D eigenvalue weighted by Crippen LogP contribution is 2.21. The number of carboxylic acid groups (broad SMARTS) is 1. The molecule has 1 fully saturated rings. The van der Waals surface area contributed by atoms with Gasteiger partial charge in [0.15, 0.2) is 0 Å². The maximum atomic E-state index is 12.2. The maximum absolute atomic E-state index is 12.2. The van der Waals surface area contributed by atoms with Crippen molar-refractivity contribution in [3.8, 4) is 0 Å². The minimum Gasteiger partial charge on any atom is -0.480 e. The molecule has 2 N–H and O–H groups in total. The van der Waals surface area contributed by atoms with Crippen LogP contribution in [-0.4, -0.2) is 46.3 Å². The molecule has 0 aromatic heterocycles. The highest BCUT2D eigenvalue weighted by Gasteiger charge is 2.41. The number of nitrogens with one attached hydrogen (secondary N) is 1. The summed E-state index contributed by atoms with van der Waals surface area (Å²) in [5.41, 5.74) is 3.18. The van der Waals surface area contributed by atoms with Gasteiger partial charge in [-0.15, -0.1) is 0 Å². The molecule has 0 saturated carbocycles. The average molecular weight is 336 g/mol. The third-order valence-electron chi connectivity index (χ3n) is 3.55. The summed E-state index contributed by atoms with van der Waals surface area (Å²) in [6, 6.07) is 8.44. The molecular weight excluding hydrogens is 312 g/mol. The smallest absolute Gasteiger partial charge is 0.411 e. The number of hydrogen-bond donors (Lipinski definition) is 2. The molecule has 7 nitrogen and oxygen atoms in total. The second-order valence-electron chi connectivity index (χ2n) is 6.81. The Bertz CT molecular complexity index is 570. The van der Waals surface area contributed by atoms with Gasteiger partial charge in [-0.2, -0.15) is 5.48 Å². The van der Waals surface area contributed by atoms with E-state index >= 15 is 0 Å². The molecule has 1 aliphatic heterocycles. The van der Waals surface area contributed by atoms with Crippen molar-refractivity contribution in [2.24, 2.45) is 0 Å². The number of ether oxygens (including phenoxy) is 1. The lowest BCUT2D eigenvalue weighted by molar-refractivity contribution is -0.142. The zero-order valence-corrected chi connectivity index (χ0v) is 14.2. The summed E-state index contributed by atoms with van der Waals surface area (Å²) in [5, 5.41) is 9.33. The molecule has 0 bridgehead atoms. The van der Waals surface area contributed by atoms with Gasteiger partial charge < -0.3 is 9.84 Å². The molecule has 0 unspecified atom stereocenters. The van der Waals surface area contributed by atoms with Gasteiger partial charge in [-0.05, 0) is 32.8 Å². The van der Waals surface area contributed by atoms with Gasteiger partial charge in [-0.1, -0.05) is 30.3 Å². The van der Waals surface area contributed by atoms with Crippen molar-refractivity contribution in [3.05, 3.63) is 35.9 Å². The Hall–Kier alpha value is -2.12. The third-order valence-corrected chi connectivity index (χ3v) is 3.55. The van der Waals surface area contributed by atoms with E-state index in [2.05, 4.69) is 5.48 Å². The van der Waals surface area contributed by atoms with Crippen molar-refractivity contribution in [1.29, 1.82) is 0 Å². The summed E-state index contributed by atoms with van der Waals surface area (Å²) in [4.78, 5) is 30.3. The van der Waals surface area contributed by atoms with E-state index in [0.717, 1.165) is 5.56 Å². The summed E-state index contributed by atoms with van der Waals surface area (Å²) < 4.78 is 5.28. The van der Waals surface area contributed by atoms with Crippen molar-refractivity contribution < 1.29 is 24.3 Å². The van der Waals surface area contributed by atoms with Gasteiger partial charge >= 0.3 is 12.1 Å². The minimum atomic E-state index is -1.05. The van der Waals surface area contributed by atoms with Crippen LogP contribution in [0.2, 0.25) is 0 Å². The summed E-state index contributed by atoms with van der Waals surface area (Å²) in [7, 11) is 0. The Morgan fingerprint density at radius 2 is 1.96 bits per heavy atom. The quantitative estimate of drug-likeness (QED) is 0.801. The Kier molecular flexibility index (Phi) is 5.80. The molecule has 2 atom stereocenters. The van der Waals surface area contributed by atoms with Crippen LogP contribution in [-0.2, 0) is 21.0 Å². The number of carboxylic acids is 1. The number of aliphatic carboxylic acids is 1. The number of hydrogen-bond acceptors (Lipinski definition) is 5. The first-order chi connectivity index (χ1) is 11.3. The van der Waals surface area contributed by atoms with E-state index in [9.17, 15) is 14.7 Å². The number of benzene rings is 1. The molecule has 0 spiro atoms. The van der Waals surface area contributed by atoms with Crippen LogP contribution in [0, 0.1) is 0 Å². The van der Waals surface area contributed by atoms with Gasteiger partial charge in [-0.3, -0.25) is 9.74 Å². The molecule has 1 amide bonds. The van der Waals surface area contributed by atoms with Gasteiger partial charge in [0.2, 0.25) is 0 Å². The van der Waals surface area contributed by atoms with E-state index in [1.807, 2.05) is 30.3 Å². The first-order valence-electron chi connectivity index (χ1n) is 7.90. The van der Waals surface area contributed by atoms with E-state index < -0.39 is 23.7 Å². The third kappa shape index (κ3) is 5.21. The highest BCUT2D eigenvalue weighted by atomic mass is 16.6. The van der Waals surface area contributed by atoms with Crippen LogP contribution in [0.4, 0.5) is 4.79 Å². The van der Waals surface area contributed by atoms with Crippen molar-refractivity contribution in [3.63, 3.8) is 0 Å². The van der Waals surface area contributed by atoms with Crippen molar-refractivity contribution in [2.45, 2.75) is 51.5 Å². The minimum absolute atomic E-state index is 0.223. The molecule has 1 heterocycles. The fourth-order valence-corrected chi connectivity index (χ4v) is 2.49. The van der Waals surface area contributed by atoms with Crippen LogP contribution in [0.5, 0.6) is 0 Å². The topological polar surface area (TPSA) is 88.1 Å². The maximum Gasteiger partial charge on any atom is 0.411 e. The fraction of sp³-hybridized carbons (Fsp3) is 0.529. The lowest BCUT2D eigenvalue weighted by Crippen LogP contribution is -2.43. The number of likely N-dealkylation sites (tertiary alicyclic amines) is 1. The number of carbonyl (C=O) groups is 2. The number of carbonyl (C=O) groups excluding carboxylic acids is 1. The second kappa shape index (κ2) is 7.63. The molecule has 1 aromatic rings. The number of amides is 1. The molecule has 1 saturated heterocycles. The zero-order valence-electron chi connectivity index (χ0n) is 14.2. The summed E-state index contributed by atoms with van der Waals surface area (Å²) in [6.07, 6.45) is -0.356. The van der Waals surface area contributed by atoms with Crippen LogP contribution in [0.15, 0.2) is 30.3 Å². The molecule has 0 radical (unpaired) electrons. The van der Waals surface area contributed by atoms with Gasteiger partial charge in [0.1, 0.15) is 11.6 Å². The van der Waals surface area contributed by atoms with E-state index in [1.165, 1.54) is 4.90 Å². The number of hydroxylamine groups is 1. The molecule has 1 aliphatic rings. The number of rotatable bonds is 5. The first kappa shape index (κ1) is 18.2. The monoisotopic (exact) mass is 336 g/mol. The Balaban J connectivity index is 1.89. The average Bonchev–Trinajstić information content (AvgIpc) is 2.91. The fourth-order valence-electron chi connectivity index (χ4n) is 2.49. The van der Waals surface area contributed by atoms with Crippen LogP contribution in [0.25, 0.3) is 0 Å². The van der Waals surface area contributed by atoms with Crippen LogP contribution in [0.1, 0.15) is 32.8 Å². The largest absolute Gasteiger partial charge is 0.480 e. The molecule has 0 aliphatic carbocycles. The molecule has 7 heteroatoms. The van der Waals surface area contributed by atoms with E-state index in [4.69, 9.17) is 9.57 Å². The van der Waals surface area contributed by atoms with Gasteiger partial charge in [-0.25, -0.2) is 9.59 Å². The first-order valence-corrected chi connectivity index (χ1v) is 7.90. The Labute approximate surface area is 141 Å². The molecule has 2 rings (SSSR count). The Morgan fingerprint density at radius 1 is 1.29 bits per heavy atom. The molecule has 1 aromatic carbocycles. The summed E-state index contributed by atoms with van der Waals surface area (Å²) >= 11 is 0. The van der Waals surface area contributed by atoms with E-state index in [-0.39, 0.29) is 19.0 Å². The van der Waals surface area contributed by atoms with E-state index in [1.54, 1.807) is 20.8 Å². The van der Waals surface area contributed by atoms with Crippen molar-refractivity contribution >= 4 is 12.1 Å². The highest BCUT2D eigenvalue weighted by molar-refractivity contribution is 5.81. The normalized spacial score (nSPS) is 20.9.